The highest BCUT2D eigenvalue weighted by molar-refractivity contribution is 4.80. The van der Waals surface area contributed by atoms with E-state index in [-0.39, 0.29) is 0 Å². The maximum atomic E-state index is 3.77. The first-order valence-electron chi connectivity index (χ1n) is 6.77. The van der Waals surface area contributed by atoms with Crippen LogP contribution in [0.25, 0.3) is 0 Å². The fourth-order valence-electron chi connectivity index (χ4n) is 2.95. The minimum atomic E-state index is 0.379. The third kappa shape index (κ3) is 5.31. The maximum absolute atomic E-state index is 3.77. The number of hydrogen-bond donors (Lipinski definition) is 1. The predicted octanol–water partition coefficient (Wildman–Crippen LogP) is 2.74. The molecule has 2 heteroatoms. The van der Waals surface area contributed by atoms with Crippen LogP contribution in [0.1, 0.15) is 46.5 Å². The van der Waals surface area contributed by atoms with Gasteiger partial charge in [0.15, 0.2) is 0 Å². The second-order valence-corrected chi connectivity index (χ2v) is 6.75. The molecule has 0 saturated heterocycles. The molecule has 0 spiro atoms. The summed E-state index contributed by atoms with van der Waals surface area (Å²) >= 11 is 0. The minimum absolute atomic E-state index is 0.379. The summed E-state index contributed by atoms with van der Waals surface area (Å²) in [6, 6.07) is 0.769. The van der Waals surface area contributed by atoms with Gasteiger partial charge in [-0.2, -0.15) is 0 Å². The third-order valence-electron chi connectivity index (χ3n) is 3.55. The molecule has 1 aliphatic rings. The molecule has 96 valence electrons. The van der Waals surface area contributed by atoms with Crippen LogP contribution in [0.5, 0.6) is 0 Å². The Morgan fingerprint density at radius 3 is 2.50 bits per heavy atom. The molecule has 1 aliphatic carbocycles. The summed E-state index contributed by atoms with van der Waals surface area (Å²) in [5.41, 5.74) is 0.379. The van der Waals surface area contributed by atoms with E-state index in [1.165, 1.54) is 25.7 Å². The van der Waals surface area contributed by atoms with Gasteiger partial charge >= 0.3 is 0 Å². The smallest absolute Gasteiger partial charge is 0.00698 e. The fourth-order valence-corrected chi connectivity index (χ4v) is 2.95. The van der Waals surface area contributed by atoms with Crippen LogP contribution >= 0.6 is 0 Å². The molecular formula is C14H30N2. The Hall–Kier alpha value is -0.0800. The molecule has 1 fully saturated rings. The van der Waals surface area contributed by atoms with Gasteiger partial charge in [-0.25, -0.2) is 0 Å². The molecule has 0 aromatic carbocycles. The van der Waals surface area contributed by atoms with Gasteiger partial charge in [-0.1, -0.05) is 33.6 Å². The lowest BCUT2D eigenvalue weighted by molar-refractivity contribution is 0.208. The summed E-state index contributed by atoms with van der Waals surface area (Å²) in [6.45, 7) is 9.39. The van der Waals surface area contributed by atoms with Crippen molar-refractivity contribution >= 4 is 0 Å². The average Bonchev–Trinajstić information content (AvgIpc) is 2.13. The molecule has 0 aromatic rings. The average molecular weight is 226 g/mol. The van der Waals surface area contributed by atoms with Gasteiger partial charge in [0.05, 0.1) is 0 Å². The minimum Gasteiger partial charge on any atom is -0.313 e. The number of hydrogen-bond acceptors (Lipinski definition) is 2. The van der Waals surface area contributed by atoms with E-state index >= 15 is 0 Å². The Kier molecular flexibility index (Phi) is 5.26. The zero-order valence-corrected chi connectivity index (χ0v) is 11.8. The van der Waals surface area contributed by atoms with E-state index in [0.29, 0.717) is 5.41 Å². The standard InChI is InChI=1S/C14H30N2/c1-12-7-6-8-13(9-12)15-10-14(2,3)11-16(4)5/h12-13,15H,6-11H2,1-5H3/t12-,13-/m0/s1. The highest BCUT2D eigenvalue weighted by atomic mass is 15.1. The molecule has 0 aliphatic heterocycles. The zero-order chi connectivity index (χ0) is 12.2. The van der Waals surface area contributed by atoms with Crippen LogP contribution in [0.4, 0.5) is 0 Å². The molecule has 0 radical (unpaired) electrons. The molecule has 0 bridgehead atoms. The van der Waals surface area contributed by atoms with Gasteiger partial charge in [0.25, 0.3) is 0 Å². The maximum Gasteiger partial charge on any atom is 0.00698 e. The highest BCUT2D eigenvalue weighted by Crippen LogP contribution is 2.24. The van der Waals surface area contributed by atoms with Gasteiger partial charge in [-0.05, 0) is 38.3 Å². The van der Waals surface area contributed by atoms with Crippen molar-refractivity contribution in [3.63, 3.8) is 0 Å². The van der Waals surface area contributed by atoms with Crippen LogP contribution in [0, 0.1) is 11.3 Å². The van der Waals surface area contributed by atoms with Gasteiger partial charge in [0.2, 0.25) is 0 Å². The Balaban J connectivity index is 2.27. The van der Waals surface area contributed by atoms with E-state index in [2.05, 4.69) is 45.1 Å². The lowest BCUT2D eigenvalue weighted by Gasteiger charge is -2.33. The van der Waals surface area contributed by atoms with Crippen molar-refractivity contribution in [2.24, 2.45) is 11.3 Å². The molecule has 0 aromatic heterocycles. The molecule has 16 heavy (non-hydrogen) atoms. The number of nitrogens with zero attached hydrogens (tertiary/aromatic N) is 1. The predicted molar refractivity (Wildman–Crippen MR) is 71.8 cm³/mol. The molecule has 1 saturated carbocycles. The second-order valence-electron chi connectivity index (χ2n) is 6.75. The van der Waals surface area contributed by atoms with Gasteiger partial charge in [0, 0.05) is 19.1 Å². The first-order chi connectivity index (χ1) is 7.39. The SMILES string of the molecule is C[C@H]1CCC[C@H](NCC(C)(C)CN(C)C)C1. The van der Waals surface area contributed by atoms with Crippen molar-refractivity contribution in [3.8, 4) is 0 Å². The Morgan fingerprint density at radius 2 is 1.94 bits per heavy atom. The molecule has 2 atom stereocenters. The molecule has 0 unspecified atom stereocenters. The Labute approximate surface area is 102 Å². The van der Waals surface area contributed by atoms with E-state index in [4.69, 9.17) is 0 Å². The lowest BCUT2D eigenvalue weighted by Crippen LogP contribution is -2.43. The largest absolute Gasteiger partial charge is 0.313 e. The van der Waals surface area contributed by atoms with E-state index < -0.39 is 0 Å². The zero-order valence-electron chi connectivity index (χ0n) is 11.8. The summed E-state index contributed by atoms with van der Waals surface area (Å²) in [5, 5.41) is 3.77. The summed E-state index contributed by atoms with van der Waals surface area (Å²) < 4.78 is 0. The van der Waals surface area contributed by atoms with Crippen LogP contribution in [0.2, 0.25) is 0 Å². The third-order valence-corrected chi connectivity index (χ3v) is 3.55. The Bertz CT molecular complexity index is 199. The topological polar surface area (TPSA) is 15.3 Å². The molecule has 1 rings (SSSR count). The molecule has 2 nitrogen and oxygen atoms in total. The highest BCUT2D eigenvalue weighted by Gasteiger charge is 2.23. The first kappa shape index (κ1) is 14.0. The van der Waals surface area contributed by atoms with Crippen molar-refractivity contribution in [1.29, 1.82) is 0 Å². The Morgan fingerprint density at radius 1 is 1.25 bits per heavy atom. The van der Waals surface area contributed by atoms with Gasteiger partial charge in [0.1, 0.15) is 0 Å². The van der Waals surface area contributed by atoms with E-state index in [1.807, 2.05) is 0 Å². The summed E-state index contributed by atoms with van der Waals surface area (Å²) in [6.07, 6.45) is 5.59. The van der Waals surface area contributed by atoms with Crippen molar-refractivity contribution in [2.75, 3.05) is 27.2 Å². The molecule has 0 amide bonds. The molecule has 1 N–H and O–H groups in total. The van der Waals surface area contributed by atoms with Crippen molar-refractivity contribution in [1.82, 2.24) is 10.2 Å². The van der Waals surface area contributed by atoms with Crippen LogP contribution in [-0.2, 0) is 0 Å². The summed E-state index contributed by atoms with van der Waals surface area (Å²) in [5.74, 6) is 0.920. The fraction of sp³-hybridized carbons (Fsp3) is 1.00. The van der Waals surface area contributed by atoms with Gasteiger partial charge < -0.3 is 10.2 Å². The summed E-state index contributed by atoms with van der Waals surface area (Å²) in [7, 11) is 4.31. The summed E-state index contributed by atoms with van der Waals surface area (Å²) in [4.78, 5) is 2.28. The van der Waals surface area contributed by atoms with Crippen molar-refractivity contribution < 1.29 is 0 Å². The molecular weight excluding hydrogens is 196 g/mol. The van der Waals surface area contributed by atoms with Crippen LogP contribution in [-0.4, -0.2) is 38.1 Å². The molecule has 0 heterocycles. The quantitative estimate of drug-likeness (QED) is 0.775. The van der Waals surface area contributed by atoms with Crippen LogP contribution in [0.15, 0.2) is 0 Å². The normalized spacial score (nSPS) is 27.4. The first-order valence-corrected chi connectivity index (χ1v) is 6.77. The van der Waals surface area contributed by atoms with E-state index in [9.17, 15) is 0 Å². The van der Waals surface area contributed by atoms with Crippen molar-refractivity contribution in [2.45, 2.75) is 52.5 Å². The number of rotatable bonds is 5. The number of nitrogens with one attached hydrogen (secondary N) is 1. The lowest BCUT2D eigenvalue weighted by atomic mass is 9.86. The van der Waals surface area contributed by atoms with E-state index in [0.717, 1.165) is 25.0 Å². The van der Waals surface area contributed by atoms with Crippen LogP contribution in [0.3, 0.4) is 0 Å². The monoisotopic (exact) mass is 226 g/mol. The van der Waals surface area contributed by atoms with Gasteiger partial charge in [-0.3, -0.25) is 0 Å². The van der Waals surface area contributed by atoms with E-state index in [1.54, 1.807) is 0 Å². The van der Waals surface area contributed by atoms with Gasteiger partial charge in [-0.15, -0.1) is 0 Å². The van der Waals surface area contributed by atoms with Crippen molar-refractivity contribution in [3.05, 3.63) is 0 Å². The van der Waals surface area contributed by atoms with Crippen LogP contribution < -0.4 is 5.32 Å². The second kappa shape index (κ2) is 6.02.